The molecule has 54 heavy (non-hydrogen) atoms. The van der Waals surface area contributed by atoms with Gasteiger partial charge in [-0.15, -0.1) is 0 Å². The average molecular weight is 759 g/mol. The lowest BCUT2D eigenvalue weighted by Gasteiger charge is -2.50. The van der Waals surface area contributed by atoms with Gasteiger partial charge in [0, 0.05) is 45.6 Å². The summed E-state index contributed by atoms with van der Waals surface area (Å²) in [6.45, 7) is 5.14. The van der Waals surface area contributed by atoms with Crippen LogP contribution in [0.4, 0.5) is 4.79 Å². The van der Waals surface area contributed by atoms with Crippen molar-refractivity contribution in [3.05, 3.63) is 35.1 Å². The summed E-state index contributed by atoms with van der Waals surface area (Å²) in [7, 11) is 6.23. The van der Waals surface area contributed by atoms with Crippen LogP contribution in [0.1, 0.15) is 57.1 Å². The molecule has 1 aliphatic heterocycles. The Morgan fingerprint density at radius 1 is 1.11 bits per heavy atom. The first-order chi connectivity index (χ1) is 25.6. The van der Waals surface area contributed by atoms with E-state index in [1.165, 1.54) is 28.1 Å². The molecule has 0 aromatic heterocycles. The van der Waals surface area contributed by atoms with Crippen LogP contribution in [0.15, 0.2) is 24.0 Å². The van der Waals surface area contributed by atoms with E-state index < -0.39 is 66.0 Å². The average Bonchev–Trinajstić information content (AvgIpc) is 3.54. The molecule has 4 rings (SSSR count). The van der Waals surface area contributed by atoms with Crippen LogP contribution in [-0.2, 0) is 35.1 Å². The van der Waals surface area contributed by atoms with Crippen molar-refractivity contribution in [1.29, 1.82) is 5.41 Å². The molecule has 0 radical (unpaired) electrons. The number of ether oxygens (including phenoxy) is 4. The third kappa shape index (κ3) is 9.15. The van der Waals surface area contributed by atoms with Crippen LogP contribution in [0.25, 0.3) is 0 Å². The van der Waals surface area contributed by atoms with Gasteiger partial charge in [-0.05, 0) is 57.5 Å². The summed E-state index contributed by atoms with van der Waals surface area (Å²) in [5, 5.41) is 27.5. The number of carbonyl (C=O) groups is 5. The standard InChI is InChI=1S/C36H54N8O10/c1-8-42(4)26-17-21-12-13-24(51-7)30-28(21)29-31(54-30)25(14-15-36(26,29)50)53-35(49)44(6)18-23(33(48)43(5)19-27(46)52-9-2)41-32(47)22(40-20(3)45)11-10-16-39-34(37)38/h12-14,22-23,26,29,31,50H,8-11,15-19H2,1-7H3,(H,40,45)(H,41,47)(H4,37,38,39)/t22-,23-,26+,29?,31?,36?/m0/s1. The van der Waals surface area contributed by atoms with Gasteiger partial charge >= 0.3 is 12.1 Å². The molecule has 0 saturated carbocycles. The van der Waals surface area contributed by atoms with E-state index in [-0.39, 0.29) is 50.3 Å². The van der Waals surface area contributed by atoms with E-state index >= 15 is 0 Å². The molecule has 1 heterocycles. The van der Waals surface area contributed by atoms with Crippen LogP contribution >= 0.6 is 0 Å². The Morgan fingerprint density at radius 3 is 2.46 bits per heavy atom. The number of guanidine groups is 1. The maximum absolute atomic E-state index is 13.8. The molecular formula is C36H54N8O10. The molecule has 18 heteroatoms. The number of rotatable bonds is 17. The molecule has 4 amide bonds. The maximum Gasteiger partial charge on any atom is 0.414 e. The van der Waals surface area contributed by atoms with Gasteiger partial charge in [-0.25, -0.2) is 4.79 Å². The quantitative estimate of drug-likeness (QED) is 0.0522. The fourth-order valence-electron chi connectivity index (χ4n) is 7.37. The van der Waals surface area contributed by atoms with E-state index in [1.807, 2.05) is 26.1 Å². The SMILES string of the molecule is CCOC(=O)CN(C)C(=O)[C@H](CN(C)C(=O)OC1=CCC2(O)C3c4c(ccc(OC)c4OC13)C[C@H]2N(C)CC)NC(=O)[C@H](CCCNC(=N)N)NC(C)=O. The van der Waals surface area contributed by atoms with Gasteiger partial charge in [0.2, 0.25) is 17.7 Å². The second kappa shape index (κ2) is 17.8. The molecule has 0 fully saturated rings. The van der Waals surface area contributed by atoms with Gasteiger partial charge in [0.1, 0.15) is 24.4 Å². The molecule has 0 bridgehead atoms. The highest BCUT2D eigenvalue weighted by Gasteiger charge is 2.60. The molecule has 0 saturated heterocycles. The molecule has 3 unspecified atom stereocenters. The van der Waals surface area contributed by atoms with E-state index in [2.05, 4.69) is 20.9 Å². The zero-order chi connectivity index (χ0) is 39.9. The number of aliphatic hydroxyl groups is 1. The molecule has 1 aromatic carbocycles. The number of likely N-dealkylation sites (N-methyl/N-ethyl adjacent to an activating group) is 3. The number of nitrogens with one attached hydrogen (secondary N) is 4. The number of methoxy groups -OCH3 is 1. The second-order valence-corrected chi connectivity index (χ2v) is 13.8. The Kier molecular flexibility index (Phi) is 13.7. The number of esters is 1. The molecule has 298 valence electrons. The van der Waals surface area contributed by atoms with Crippen molar-refractivity contribution in [2.24, 2.45) is 5.73 Å². The Morgan fingerprint density at radius 2 is 1.83 bits per heavy atom. The highest BCUT2D eigenvalue weighted by atomic mass is 16.6. The van der Waals surface area contributed by atoms with Gasteiger partial charge in [0.05, 0.1) is 31.8 Å². The lowest BCUT2D eigenvalue weighted by molar-refractivity contribution is -0.149. The summed E-state index contributed by atoms with van der Waals surface area (Å²) >= 11 is 0. The highest BCUT2D eigenvalue weighted by molar-refractivity contribution is 5.93. The van der Waals surface area contributed by atoms with Crippen molar-refractivity contribution in [2.75, 3.05) is 61.0 Å². The van der Waals surface area contributed by atoms with Gasteiger partial charge in [-0.1, -0.05) is 13.0 Å². The zero-order valence-corrected chi connectivity index (χ0v) is 32.0. The molecule has 2 aliphatic carbocycles. The van der Waals surface area contributed by atoms with E-state index in [9.17, 15) is 29.1 Å². The molecule has 6 atom stereocenters. The van der Waals surface area contributed by atoms with E-state index in [1.54, 1.807) is 13.0 Å². The summed E-state index contributed by atoms with van der Waals surface area (Å²) < 4.78 is 22.9. The van der Waals surface area contributed by atoms with Crippen molar-refractivity contribution in [3.8, 4) is 11.5 Å². The second-order valence-electron chi connectivity index (χ2n) is 13.8. The minimum absolute atomic E-state index is 0.0977. The van der Waals surface area contributed by atoms with Gasteiger partial charge in [-0.3, -0.25) is 24.6 Å². The van der Waals surface area contributed by atoms with Crippen molar-refractivity contribution in [3.63, 3.8) is 0 Å². The Labute approximate surface area is 315 Å². The van der Waals surface area contributed by atoms with Crippen molar-refractivity contribution in [1.82, 2.24) is 30.7 Å². The summed E-state index contributed by atoms with van der Waals surface area (Å²) in [6.07, 6.45) is 1.17. The van der Waals surface area contributed by atoms with Gasteiger partial charge in [0.25, 0.3) is 0 Å². The monoisotopic (exact) mass is 758 g/mol. The van der Waals surface area contributed by atoms with Crippen LogP contribution in [0.2, 0.25) is 0 Å². The first-order valence-corrected chi connectivity index (χ1v) is 18.0. The summed E-state index contributed by atoms with van der Waals surface area (Å²) in [5.41, 5.74) is 5.93. The Hall–Kier alpha value is -5.10. The van der Waals surface area contributed by atoms with Crippen LogP contribution < -0.4 is 31.2 Å². The fourth-order valence-corrected chi connectivity index (χ4v) is 7.37. The minimum Gasteiger partial charge on any atom is -0.493 e. The normalized spacial score (nSPS) is 21.6. The van der Waals surface area contributed by atoms with Gasteiger partial charge < -0.3 is 60.4 Å². The molecule has 7 N–H and O–H groups in total. The number of nitrogens with zero attached hydrogens (tertiary/aromatic N) is 3. The van der Waals surface area contributed by atoms with E-state index in [0.29, 0.717) is 30.9 Å². The van der Waals surface area contributed by atoms with Crippen LogP contribution in [0.3, 0.4) is 0 Å². The van der Waals surface area contributed by atoms with Gasteiger partial charge in [-0.2, -0.15) is 0 Å². The van der Waals surface area contributed by atoms with Crippen LogP contribution in [0, 0.1) is 5.41 Å². The van der Waals surface area contributed by atoms with E-state index in [4.69, 9.17) is 30.1 Å². The largest absolute Gasteiger partial charge is 0.493 e. The Bertz CT molecular complexity index is 1640. The summed E-state index contributed by atoms with van der Waals surface area (Å²) in [6, 6.07) is 1.11. The molecule has 3 aliphatic rings. The molecular weight excluding hydrogens is 704 g/mol. The number of benzene rings is 1. The number of hydrogen-bond acceptors (Lipinski definition) is 12. The zero-order valence-electron chi connectivity index (χ0n) is 32.0. The third-order valence-corrected chi connectivity index (χ3v) is 10.1. The number of nitrogens with two attached hydrogens (primary N) is 1. The number of carbonyl (C=O) groups excluding carboxylic acids is 5. The third-order valence-electron chi connectivity index (χ3n) is 10.1. The summed E-state index contributed by atoms with van der Waals surface area (Å²) in [4.78, 5) is 69.5. The van der Waals surface area contributed by atoms with E-state index in [0.717, 1.165) is 20.9 Å². The number of hydrogen-bond donors (Lipinski definition) is 6. The topological polar surface area (TPSA) is 238 Å². The van der Waals surface area contributed by atoms with Crippen molar-refractivity contribution >= 4 is 35.7 Å². The molecule has 0 spiro atoms. The number of amides is 4. The van der Waals surface area contributed by atoms with Crippen molar-refractivity contribution in [2.45, 2.75) is 82.2 Å². The highest BCUT2D eigenvalue weighted by Crippen LogP contribution is 2.59. The smallest absolute Gasteiger partial charge is 0.414 e. The lowest BCUT2D eigenvalue weighted by Crippen LogP contribution is -2.61. The predicted molar refractivity (Wildman–Crippen MR) is 196 cm³/mol. The first-order valence-electron chi connectivity index (χ1n) is 18.0. The maximum atomic E-state index is 13.8. The van der Waals surface area contributed by atoms with Crippen molar-refractivity contribution < 1.29 is 48.0 Å². The Balaban J connectivity index is 1.56. The lowest BCUT2D eigenvalue weighted by atomic mass is 9.63. The first kappa shape index (κ1) is 41.7. The molecule has 18 nitrogen and oxygen atoms in total. The minimum atomic E-state index is -1.38. The summed E-state index contributed by atoms with van der Waals surface area (Å²) in [5.74, 6) is -2.23. The molecule has 1 aromatic rings. The predicted octanol–water partition coefficient (Wildman–Crippen LogP) is -0.222. The fraction of sp³-hybridized carbons (Fsp3) is 0.611. The van der Waals surface area contributed by atoms with Gasteiger partial charge in [0.15, 0.2) is 23.6 Å². The van der Waals surface area contributed by atoms with Crippen LogP contribution in [-0.4, -0.2) is 146 Å². The van der Waals surface area contributed by atoms with Crippen LogP contribution in [0.5, 0.6) is 11.5 Å².